The highest BCUT2D eigenvalue weighted by atomic mass is 16.5. The summed E-state index contributed by atoms with van der Waals surface area (Å²) in [4.78, 5) is 22.8. The van der Waals surface area contributed by atoms with Crippen molar-refractivity contribution in [3.63, 3.8) is 0 Å². The molecule has 0 unspecified atom stereocenters. The van der Waals surface area contributed by atoms with E-state index in [9.17, 15) is 14.9 Å². The number of nitrogens with zero attached hydrogens (tertiary/aromatic N) is 1. The van der Waals surface area contributed by atoms with Crippen LogP contribution in [0.5, 0.6) is 5.75 Å². The van der Waals surface area contributed by atoms with Crippen LogP contribution in [0, 0.1) is 11.3 Å². The van der Waals surface area contributed by atoms with Gasteiger partial charge in [0.15, 0.2) is 0 Å². The Morgan fingerprint density at radius 3 is 2.76 bits per heavy atom. The normalized spacial score (nSPS) is 15.2. The second-order valence-electron chi connectivity index (χ2n) is 6.04. The highest BCUT2D eigenvalue weighted by Gasteiger charge is 2.18. The van der Waals surface area contributed by atoms with Gasteiger partial charge in [0.05, 0.1) is 13.0 Å². The van der Waals surface area contributed by atoms with E-state index in [-0.39, 0.29) is 30.5 Å². The lowest BCUT2D eigenvalue weighted by molar-refractivity contribution is -0.137. The van der Waals surface area contributed by atoms with Crippen LogP contribution in [0.15, 0.2) is 29.8 Å². The smallest absolute Gasteiger partial charge is 0.306 e. The average Bonchev–Trinajstić information content (AvgIpc) is 2.60. The van der Waals surface area contributed by atoms with E-state index < -0.39 is 5.97 Å². The second-order valence-corrected chi connectivity index (χ2v) is 6.04. The van der Waals surface area contributed by atoms with Crippen molar-refractivity contribution < 1.29 is 19.4 Å². The van der Waals surface area contributed by atoms with Crippen LogP contribution in [0.4, 0.5) is 0 Å². The first-order valence-electron chi connectivity index (χ1n) is 8.46. The van der Waals surface area contributed by atoms with Gasteiger partial charge in [0.2, 0.25) is 0 Å². The van der Waals surface area contributed by atoms with Gasteiger partial charge in [-0.05, 0) is 36.6 Å². The van der Waals surface area contributed by atoms with Crippen molar-refractivity contribution in [2.24, 2.45) is 0 Å². The standard InChI is InChI=1S/C19H22N2O4/c20-13-15(19(24)21-16-6-2-1-3-7-16)11-14-5-4-8-17(12-14)25-10-9-18(22)23/h4-5,8,11-12,16H,1-3,6-7,9-10H2,(H,21,24)(H,22,23)/b15-11-. The maximum absolute atomic E-state index is 12.3. The van der Waals surface area contributed by atoms with Crippen molar-refractivity contribution >= 4 is 18.0 Å². The van der Waals surface area contributed by atoms with E-state index in [2.05, 4.69) is 5.32 Å². The van der Waals surface area contributed by atoms with Crippen LogP contribution in [0.25, 0.3) is 6.08 Å². The van der Waals surface area contributed by atoms with Crippen LogP contribution in [-0.2, 0) is 9.59 Å². The number of nitriles is 1. The van der Waals surface area contributed by atoms with Crippen LogP contribution in [0.3, 0.4) is 0 Å². The molecule has 25 heavy (non-hydrogen) atoms. The molecule has 1 saturated carbocycles. The quantitative estimate of drug-likeness (QED) is 0.586. The predicted molar refractivity (Wildman–Crippen MR) is 92.8 cm³/mol. The Morgan fingerprint density at radius 1 is 1.32 bits per heavy atom. The summed E-state index contributed by atoms with van der Waals surface area (Å²) in [5.41, 5.74) is 0.705. The Labute approximate surface area is 147 Å². The van der Waals surface area contributed by atoms with Gasteiger partial charge >= 0.3 is 5.97 Å². The molecule has 132 valence electrons. The molecule has 0 radical (unpaired) electrons. The molecule has 6 heteroatoms. The Bertz CT molecular complexity index is 685. The molecule has 0 bridgehead atoms. The molecule has 2 N–H and O–H groups in total. The van der Waals surface area contributed by atoms with Gasteiger partial charge in [0.1, 0.15) is 17.4 Å². The molecule has 0 saturated heterocycles. The van der Waals surface area contributed by atoms with Gasteiger partial charge in [-0.25, -0.2) is 0 Å². The summed E-state index contributed by atoms with van der Waals surface area (Å²) in [6.45, 7) is 0.0653. The molecular weight excluding hydrogens is 320 g/mol. The van der Waals surface area contributed by atoms with Gasteiger partial charge < -0.3 is 15.2 Å². The number of hydrogen-bond donors (Lipinski definition) is 2. The predicted octanol–water partition coefficient (Wildman–Crippen LogP) is 2.90. The molecule has 0 aromatic heterocycles. The number of nitrogens with one attached hydrogen (secondary N) is 1. The van der Waals surface area contributed by atoms with E-state index in [1.54, 1.807) is 24.3 Å². The largest absolute Gasteiger partial charge is 0.493 e. The number of hydrogen-bond acceptors (Lipinski definition) is 4. The van der Waals surface area contributed by atoms with Crippen molar-refractivity contribution in [1.29, 1.82) is 5.26 Å². The van der Waals surface area contributed by atoms with E-state index in [4.69, 9.17) is 9.84 Å². The number of ether oxygens (including phenoxy) is 1. The van der Waals surface area contributed by atoms with Gasteiger partial charge in [0.25, 0.3) is 5.91 Å². The molecule has 1 amide bonds. The first-order chi connectivity index (χ1) is 12.1. The topological polar surface area (TPSA) is 99.4 Å². The van der Waals surface area contributed by atoms with Crippen molar-refractivity contribution in [2.75, 3.05) is 6.61 Å². The summed E-state index contributed by atoms with van der Waals surface area (Å²) in [5.74, 6) is -0.784. The number of carboxylic acid groups (broad SMARTS) is 1. The number of rotatable bonds is 7. The van der Waals surface area contributed by atoms with Gasteiger partial charge in [-0.1, -0.05) is 31.4 Å². The van der Waals surface area contributed by atoms with Gasteiger partial charge in [-0.3, -0.25) is 9.59 Å². The van der Waals surface area contributed by atoms with E-state index in [1.165, 1.54) is 12.5 Å². The van der Waals surface area contributed by atoms with Crippen molar-refractivity contribution in [2.45, 2.75) is 44.6 Å². The Morgan fingerprint density at radius 2 is 2.08 bits per heavy atom. The molecular formula is C19H22N2O4. The van der Waals surface area contributed by atoms with E-state index >= 15 is 0 Å². The zero-order valence-electron chi connectivity index (χ0n) is 14.0. The molecule has 2 rings (SSSR count). The molecule has 1 aromatic rings. The minimum atomic E-state index is -0.929. The zero-order valence-corrected chi connectivity index (χ0v) is 14.0. The summed E-state index contributed by atoms with van der Waals surface area (Å²) in [5, 5.41) is 20.8. The fourth-order valence-corrected chi connectivity index (χ4v) is 2.78. The molecule has 0 atom stereocenters. The summed E-state index contributed by atoms with van der Waals surface area (Å²) in [6, 6.07) is 8.96. The first kappa shape index (κ1) is 18.5. The van der Waals surface area contributed by atoms with Crippen molar-refractivity contribution in [1.82, 2.24) is 5.32 Å². The summed E-state index contributed by atoms with van der Waals surface area (Å²) < 4.78 is 5.36. The number of aliphatic carboxylic acids is 1. The highest BCUT2D eigenvalue weighted by Crippen LogP contribution is 2.19. The number of amides is 1. The minimum Gasteiger partial charge on any atom is -0.493 e. The van der Waals surface area contributed by atoms with Crippen LogP contribution in [0.1, 0.15) is 44.1 Å². The number of carbonyl (C=O) groups is 2. The molecule has 6 nitrogen and oxygen atoms in total. The van der Waals surface area contributed by atoms with E-state index in [0.29, 0.717) is 11.3 Å². The van der Waals surface area contributed by atoms with Gasteiger partial charge in [-0.2, -0.15) is 5.26 Å². The molecule has 1 aliphatic carbocycles. The van der Waals surface area contributed by atoms with Crippen LogP contribution in [0.2, 0.25) is 0 Å². The van der Waals surface area contributed by atoms with Crippen LogP contribution >= 0.6 is 0 Å². The molecule has 1 aromatic carbocycles. The van der Waals surface area contributed by atoms with Gasteiger partial charge in [0, 0.05) is 6.04 Å². The lowest BCUT2D eigenvalue weighted by Gasteiger charge is -2.22. The van der Waals surface area contributed by atoms with Crippen LogP contribution < -0.4 is 10.1 Å². The number of carboxylic acids is 1. The Kier molecular flexibility index (Phi) is 7.02. The maximum atomic E-state index is 12.3. The molecule has 1 aliphatic rings. The molecule has 1 fully saturated rings. The third kappa shape index (κ3) is 6.30. The molecule has 0 aliphatic heterocycles. The van der Waals surface area contributed by atoms with Crippen molar-refractivity contribution in [3.05, 3.63) is 35.4 Å². The summed E-state index contributed by atoms with van der Waals surface area (Å²) in [7, 11) is 0. The molecule has 0 heterocycles. The third-order valence-electron chi connectivity index (χ3n) is 4.06. The van der Waals surface area contributed by atoms with Crippen molar-refractivity contribution in [3.8, 4) is 11.8 Å². The second kappa shape index (κ2) is 9.48. The SMILES string of the molecule is N#C/C(=C/c1cccc(OCCC(=O)O)c1)C(=O)NC1CCCCC1. The highest BCUT2D eigenvalue weighted by molar-refractivity contribution is 6.01. The minimum absolute atomic E-state index is 0.0493. The van der Waals surface area contributed by atoms with E-state index in [0.717, 1.165) is 25.7 Å². The van der Waals surface area contributed by atoms with Gasteiger partial charge in [-0.15, -0.1) is 0 Å². The fourth-order valence-electron chi connectivity index (χ4n) is 2.78. The Hall–Kier alpha value is -2.81. The lowest BCUT2D eigenvalue weighted by atomic mass is 9.95. The zero-order chi connectivity index (χ0) is 18.1. The average molecular weight is 342 g/mol. The fraction of sp³-hybridized carbons (Fsp3) is 0.421. The van der Waals surface area contributed by atoms with Crippen LogP contribution in [-0.4, -0.2) is 29.6 Å². The third-order valence-corrected chi connectivity index (χ3v) is 4.06. The molecule has 0 spiro atoms. The maximum Gasteiger partial charge on any atom is 0.306 e. The number of carbonyl (C=O) groups excluding carboxylic acids is 1. The first-order valence-corrected chi connectivity index (χ1v) is 8.46. The lowest BCUT2D eigenvalue weighted by Crippen LogP contribution is -2.36. The van der Waals surface area contributed by atoms with E-state index in [1.807, 2.05) is 6.07 Å². The summed E-state index contributed by atoms with van der Waals surface area (Å²) >= 11 is 0. The number of benzene rings is 1. The monoisotopic (exact) mass is 342 g/mol. The Balaban J connectivity index is 2.01. The summed E-state index contributed by atoms with van der Waals surface area (Å²) in [6.07, 6.45) is 6.74.